The molecule has 120 valence electrons. The molecule has 1 aromatic carbocycles. The van der Waals surface area contributed by atoms with Crippen molar-refractivity contribution in [2.75, 3.05) is 0 Å². The first-order valence-corrected chi connectivity index (χ1v) is 7.17. The van der Waals surface area contributed by atoms with Gasteiger partial charge in [-0.3, -0.25) is 9.59 Å². The first kappa shape index (κ1) is 17.6. The summed E-state index contributed by atoms with van der Waals surface area (Å²) in [6.07, 6.45) is -2.62. The fourth-order valence-corrected chi connectivity index (χ4v) is 2.38. The molecule has 0 saturated carbocycles. The fraction of sp³-hybridized carbons (Fsp3) is 0.250. The molecular weight excluding hydrogens is 320 g/mol. The van der Waals surface area contributed by atoms with Crippen LogP contribution in [-0.2, 0) is 28.7 Å². The molecule has 0 fully saturated rings. The average Bonchev–Trinajstić information content (AvgIpc) is 2.37. The molecule has 9 nitrogen and oxygen atoms in total. The Labute approximate surface area is 124 Å². The predicted molar refractivity (Wildman–Crippen MR) is 69.2 cm³/mol. The Bertz CT molecular complexity index is 680. The molecule has 10 heteroatoms. The number of carbonyl (C=O) groups is 3. The topological polar surface area (TPSA) is 155 Å². The lowest BCUT2D eigenvalue weighted by molar-refractivity contribution is -0.169. The van der Waals surface area contributed by atoms with Crippen LogP contribution in [0.1, 0.15) is 12.8 Å². The van der Waals surface area contributed by atoms with Crippen LogP contribution < -0.4 is 0 Å². The van der Waals surface area contributed by atoms with Crippen molar-refractivity contribution in [1.29, 1.82) is 0 Å². The predicted octanol–water partition coefficient (Wildman–Crippen LogP) is -0.401. The van der Waals surface area contributed by atoms with E-state index < -0.39 is 46.5 Å². The molecule has 0 aliphatic carbocycles. The highest BCUT2D eigenvalue weighted by atomic mass is 32.2. The molecule has 1 unspecified atom stereocenters. The lowest BCUT2D eigenvalue weighted by Crippen LogP contribution is -2.43. The molecule has 0 radical (unpaired) electrons. The number of aliphatic hydroxyl groups is 1. The molecule has 0 amide bonds. The van der Waals surface area contributed by atoms with Gasteiger partial charge in [-0.25, -0.2) is 4.79 Å². The minimum absolute atomic E-state index is 0.347. The lowest BCUT2D eigenvalue weighted by Gasteiger charge is -2.19. The number of carbonyl (C=O) groups excluding carboxylic acids is 1. The number of benzene rings is 1. The second-order valence-electron chi connectivity index (χ2n) is 4.31. The third kappa shape index (κ3) is 4.53. The number of aliphatic carboxylic acids is 2. The number of hydrogen-bond acceptors (Lipinski definition) is 7. The highest BCUT2D eigenvalue weighted by molar-refractivity contribution is 7.87. The molecule has 1 atom stereocenters. The third-order valence-corrected chi connectivity index (χ3v) is 3.77. The van der Waals surface area contributed by atoms with Gasteiger partial charge in [-0.1, -0.05) is 18.2 Å². The Morgan fingerprint density at radius 2 is 1.59 bits per heavy atom. The summed E-state index contributed by atoms with van der Waals surface area (Å²) in [5, 5.41) is 26.9. The van der Waals surface area contributed by atoms with Crippen LogP contribution in [0.2, 0.25) is 0 Å². The summed E-state index contributed by atoms with van der Waals surface area (Å²) in [7, 11) is -4.49. The van der Waals surface area contributed by atoms with Gasteiger partial charge >= 0.3 is 28.0 Å². The van der Waals surface area contributed by atoms with Gasteiger partial charge in [-0.05, 0) is 12.1 Å². The standard InChI is InChI=1S/C12H12O9S/c13-9(14)6-12(18,11(16)17)7-10(15)21-22(19,20)8-4-2-1-3-5-8/h1-5,18H,6-7H2,(H,13,14)(H,16,17). The highest BCUT2D eigenvalue weighted by Crippen LogP contribution is 2.19. The molecule has 0 heterocycles. The SMILES string of the molecule is O=C(O)CC(O)(CC(=O)OS(=O)(=O)c1ccccc1)C(=O)O. The molecule has 0 aromatic heterocycles. The maximum absolute atomic E-state index is 11.7. The van der Waals surface area contributed by atoms with Crippen LogP contribution in [0.4, 0.5) is 0 Å². The molecular formula is C12H12O9S. The Morgan fingerprint density at radius 1 is 1.05 bits per heavy atom. The van der Waals surface area contributed by atoms with E-state index >= 15 is 0 Å². The van der Waals surface area contributed by atoms with Crippen molar-refractivity contribution in [2.24, 2.45) is 0 Å². The summed E-state index contributed by atoms with van der Waals surface area (Å²) in [6, 6.07) is 6.56. The van der Waals surface area contributed by atoms with Gasteiger partial charge in [-0.2, -0.15) is 8.42 Å². The maximum atomic E-state index is 11.7. The summed E-state index contributed by atoms with van der Waals surface area (Å²) >= 11 is 0. The quantitative estimate of drug-likeness (QED) is 0.565. The van der Waals surface area contributed by atoms with Gasteiger partial charge in [0.15, 0.2) is 5.60 Å². The molecule has 0 saturated heterocycles. The number of hydrogen-bond donors (Lipinski definition) is 3. The summed E-state index contributed by atoms with van der Waals surface area (Å²) in [6.45, 7) is 0. The summed E-state index contributed by atoms with van der Waals surface area (Å²) in [4.78, 5) is 32.5. The minimum Gasteiger partial charge on any atom is -0.481 e. The van der Waals surface area contributed by atoms with Crippen molar-refractivity contribution < 1.29 is 42.3 Å². The van der Waals surface area contributed by atoms with Crippen molar-refractivity contribution in [3.63, 3.8) is 0 Å². The first-order valence-electron chi connectivity index (χ1n) is 5.77. The monoisotopic (exact) mass is 332 g/mol. The van der Waals surface area contributed by atoms with Crippen molar-refractivity contribution in [3.05, 3.63) is 30.3 Å². The van der Waals surface area contributed by atoms with Crippen molar-refractivity contribution in [2.45, 2.75) is 23.3 Å². The van der Waals surface area contributed by atoms with E-state index in [0.717, 1.165) is 12.1 Å². The summed E-state index contributed by atoms with van der Waals surface area (Å²) in [5.74, 6) is -5.25. The first-order chi connectivity index (χ1) is 10.1. The average molecular weight is 332 g/mol. The van der Waals surface area contributed by atoms with Gasteiger partial charge in [-0.15, -0.1) is 0 Å². The normalized spacial score (nSPS) is 13.9. The Hall–Kier alpha value is -2.46. The highest BCUT2D eigenvalue weighted by Gasteiger charge is 2.42. The van der Waals surface area contributed by atoms with E-state index in [4.69, 9.17) is 10.2 Å². The van der Waals surface area contributed by atoms with E-state index in [9.17, 15) is 27.9 Å². The van der Waals surface area contributed by atoms with E-state index in [2.05, 4.69) is 4.18 Å². The zero-order valence-corrected chi connectivity index (χ0v) is 11.8. The number of carboxylic acid groups (broad SMARTS) is 2. The summed E-state index contributed by atoms with van der Waals surface area (Å²) in [5.41, 5.74) is -2.96. The van der Waals surface area contributed by atoms with Crippen LogP contribution in [0.25, 0.3) is 0 Å². The fourth-order valence-electron chi connectivity index (χ4n) is 1.49. The van der Waals surface area contributed by atoms with E-state index in [-0.39, 0.29) is 4.90 Å². The van der Waals surface area contributed by atoms with Gasteiger partial charge in [0.25, 0.3) is 0 Å². The van der Waals surface area contributed by atoms with Gasteiger partial charge < -0.3 is 19.5 Å². The smallest absolute Gasteiger partial charge is 0.341 e. The Kier molecular flexibility index (Phi) is 5.23. The minimum atomic E-state index is -4.49. The molecule has 22 heavy (non-hydrogen) atoms. The van der Waals surface area contributed by atoms with E-state index in [1.165, 1.54) is 18.2 Å². The second kappa shape index (κ2) is 6.54. The van der Waals surface area contributed by atoms with Crippen LogP contribution in [0.15, 0.2) is 35.2 Å². The van der Waals surface area contributed by atoms with E-state index in [1.807, 2.05) is 0 Å². The molecule has 3 N–H and O–H groups in total. The van der Waals surface area contributed by atoms with Crippen molar-refractivity contribution in [3.8, 4) is 0 Å². The largest absolute Gasteiger partial charge is 0.481 e. The van der Waals surface area contributed by atoms with E-state index in [1.54, 1.807) is 0 Å². The van der Waals surface area contributed by atoms with Gasteiger partial charge in [0.1, 0.15) is 4.90 Å². The van der Waals surface area contributed by atoms with E-state index in [0.29, 0.717) is 0 Å². The van der Waals surface area contributed by atoms with Crippen LogP contribution in [0, 0.1) is 0 Å². The second-order valence-corrected chi connectivity index (χ2v) is 5.85. The van der Waals surface area contributed by atoms with Gasteiger partial charge in [0.05, 0.1) is 12.8 Å². The lowest BCUT2D eigenvalue weighted by atomic mass is 9.96. The zero-order chi connectivity index (χ0) is 17.0. The Morgan fingerprint density at radius 3 is 2.05 bits per heavy atom. The molecule has 0 bridgehead atoms. The molecule has 1 aromatic rings. The van der Waals surface area contributed by atoms with Crippen LogP contribution in [0.5, 0.6) is 0 Å². The zero-order valence-electron chi connectivity index (χ0n) is 11.0. The van der Waals surface area contributed by atoms with Crippen LogP contribution in [0.3, 0.4) is 0 Å². The molecule has 0 aliphatic rings. The number of carboxylic acids is 2. The van der Waals surface area contributed by atoms with Gasteiger partial charge in [0, 0.05) is 0 Å². The Balaban J connectivity index is 2.89. The molecule has 1 rings (SSSR count). The molecule has 0 aliphatic heterocycles. The van der Waals surface area contributed by atoms with Crippen molar-refractivity contribution >= 4 is 28.0 Å². The molecule has 0 spiro atoms. The van der Waals surface area contributed by atoms with Crippen molar-refractivity contribution in [1.82, 2.24) is 0 Å². The van der Waals surface area contributed by atoms with Crippen LogP contribution in [-0.4, -0.2) is 47.2 Å². The summed E-state index contributed by atoms with van der Waals surface area (Å²) < 4.78 is 27.6. The number of rotatable bonds is 7. The van der Waals surface area contributed by atoms with Gasteiger partial charge in [0.2, 0.25) is 0 Å². The van der Waals surface area contributed by atoms with Crippen LogP contribution >= 0.6 is 0 Å². The third-order valence-electron chi connectivity index (χ3n) is 2.51. The maximum Gasteiger partial charge on any atom is 0.341 e.